The predicted molar refractivity (Wildman–Crippen MR) is 113 cm³/mol. The van der Waals surface area contributed by atoms with E-state index < -0.39 is 18.2 Å². The predicted octanol–water partition coefficient (Wildman–Crippen LogP) is 1.46. The largest absolute Gasteiger partial charge is 0.391 e. The third-order valence-electron chi connectivity index (χ3n) is 5.18. The van der Waals surface area contributed by atoms with Crippen LogP contribution in [0, 0.1) is 0 Å². The third kappa shape index (κ3) is 5.24. The summed E-state index contributed by atoms with van der Waals surface area (Å²) in [6, 6.07) is 16.4. The van der Waals surface area contributed by atoms with Gasteiger partial charge in [0.2, 0.25) is 17.7 Å². The van der Waals surface area contributed by atoms with E-state index in [0.29, 0.717) is 6.54 Å². The lowest BCUT2D eigenvalue weighted by molar-refractivity contribution is -0.141. The Bertz CT molecular complexity index is 898. The Hall–Kier alpha value is -3.19. The van der Waals surface area contributed by atoms with Gasteiger partial charge in [0.15, 0.2) is 0 Å². The standard InChI is InChI=1S/C23H27N3O4/c1-15(25-16(2)27)23(30)26-14-20(28)12-21(26)22(29)24-13-17-8-10-19(11-9-17)18-6-4-3-5-7-18/h3-11,15,20-21,28H,12-14H2,1-2H3,(H,24,29)(H,25,27). The normalized spacial score (nSPS) is 19.2. The summed E-state index contributed by atoms with van der Waals surface area (Å²) >= 11 is 0. The van der Waals surface area contributed by atoms with Gasteiger partial charge in [-0.2, -0.15) is 0 Å². The quantitative estimate of drug-likeness (QED) is 0.673. The Morgan fingerprint density at radius 2 is 1.70 bits per heavy atom. The molecule has 0 aromatic heterocycles. The SMILES string of the molecule is CC(=O)NC(C)C(=O)N1CC(O)CC1C(=O)NCc1ccc(-c2ccccc2)cc1. The summed E-state index contributed by atoms with van der Waals surface area (Å²) in [6.07, 6.45) is -0.587. The number of nitrogens with one attached hydrogen (secondary N) is 2. The fourth-order valence-corrected chi connectivity index (χ4v) is 3.67. The van der Waals surface area contributed by atoms with Crippen LogP contribution in [-0.4, -0.2) is 52.5 Å². The molecule has 3 atom stereocenters. The van der Waals surface area contributed by atoms with Crippen molar-refractivity contribution in [1.82, 2.24) is 15.5 Å². The molecule has 2 aromatic rings. The van der Waals surface area contributed by atoms with Gasteiger partial charge in [0, 0.05) is 26.4 Å². The molecular formula is C23H27N3O4. The van der Waals surface area contributed by atoms with Gasteiger partial charge in [-0.25, -0.2) is 0 Å². The van der Waals surface area contributed by atoms with E-state index in [1.165, 1.54) is 11.8 Å². The summed E-state index contributed by atoms with van der Waals surface area (Å²) in [5.41, 5.74) is 3.15. The Kier molecular flexibility index (Phi) is 6.84. The van der Waals surface area contributed by atoms with Crippen molar-refractivity contribution in [3.05, 3.63) is 60.2 Å². The number of β-amino-alcohol motifs (C(OH)–C–C–N with tert-alkyl or cyclic N) is 1. The zero-order chi connectivity index (χ0) is 21.7. The van der Waals surface area contributed by atoms with Crippen LogP contribution in [0.25, 0.3) is 11.1 Å². The molecule has 7 nitrogen and oxygen atoms in total. The molecule has 1 saturated heterocycles. The molecule has 0 aliphatic carbocycles. The van der Waals surface area contributed by atoms with Crippen LogP contribution in [0.4, 0.5) is 0 Å². The highest BCUT2D eigenvalue weighted by Crippen LogP contribution is 2.21. The zero-order valence-corrected chi connectivity index (χ0v) is 17.2. The first-order valence-electron chi connectivity index (χ1n) is 10.0. The lowest BCUT2D eigenvalue weighted by atomic mass is 10.0. The van der Waals surface area contributed by atoms with Crippen molar-refractivity contribution in [3.63, 3.8) is 0 Å². The van der Waals surface area contributed by atoms with E-state index in [-0.39, 0.29) is 30.7 Å². The smallest absolute Gasteiger partial charge is 0.245 e. The van der Waals surface area contributed by atoms with Crippen LogP contribution in [0.15, 0.2) is 54.6 Å². The van der Waals surface area contributed by atoms with Crippen LogP contribution in [0.2, 0.25) is 0 Å². The minimum Gasteiger partial charge on any atom is -0.391 e. The number of aliphatic hydroxyl groups is 1. The summed E-state index contributed by atoms with van der Waals surface area (Å²) in [5, 5.41) is 15.4. The number of benzene rings is 2. The van der Waals surface area contributed by atoms with E-state index in [1.807, 2.05) is 54.6 Å². The Labute approximate surface area is 176 Å². The average molecular weight is 409 g/mol. The molecule has 1 aliphatic heterocycles. The van der Waals surface area contributed by atoms with Crippen molar-refractivity contribution in [1.29, 1.82) is 0 Å². The molecule has 2 aromatic carbocycles. The zero-order valence-electron chi connectivity index (χ0n) is 17.2. The molecule has 0 spiro atoms. The topological polar surface area (TPSA) is 98.7 Å². The molecule has 0 radical (unpaired) electrons. The van der Waals surface area contributed by atoms with Crippen LogP contribution in [-0.2, 0) is 20.9 Å². The van der Waals surface area contributed by atoms with E-state index >= 15 is 0 Å². The molecule has 3 rings (SSSR count). The maximum Gasteiger partial charge on any atom is 0.245 e. The number of aliphatic hydroxyl groups excluding tert-OH is 1. The van der Waals surface area contributed by atoms with Crippen molar-refractivity contribution < 1.29 is 19.5 Å². The highest BCUT2D eigenvalue weighted by molar-refractivity contribution is 5.92. The maximum absolute atomic E-state index is 12.7. The molecule has 3 N–H and O–H groups in total. The van der Waals surface area contributed by atoms with Crippen LogP contribution >= 0.6 is 0 Å². The fraction of sp³-hybridized carbons (Fsp3) is 0.348. The van der Waals surface area contributed by atoms with Crippen molar-refractivity contribution in [2.75, 3.05) is 6.54 Å². The van der Waals surface area contributed by atoms with Gasteiger partial charge in [0.1, 0.15) is 12.1 Å². The Morgan fingerprint density at radius 3 is 2.33 bits per heavy atom. The molecular weight excluding hydrogens is 382 g/mol. The minimum atomic E-state index is -0.764. The number of carbonyl (C=O) groups excluding carboxylic acids is 3. The van der Waals surface area contributed by atoms with Crippen molar-refractivity contribution in [2.45, 2.75) is 45.0 Å². The second kappa shape index (κ2) is 9.54. The van der Waals surface area contributed by atoms with Crippen LogP contribution in [0.5, 0.6) is 0 Å². The lowest BCUT2D eigenvalue weighted by Crippen LogP contribution is -2.52. The van der Waals surface area contributed by atoms with Gasteiger partial charge >= 0.3 is 0 Å². The number of nitrogens with zero attached hydrogens (tertiary/aromatic N) is 1. The van der Waals surface area contributed by atoms with Crippen LogP contribution in [0.3, 0.4) is 0 Å². The van der Waals surface area contributed by atoms with Gasteiger partial charge in [-0.1, -0.05) is 54.6 Å². The molecule has 3 amide bonds. The van der Waals surface area contributed by atoms with Crippen LogP contribution < -0.4 is 10.6 Å². The van der Waals surface area contributed by atoms with E-state index in [1.54, 1.807) is 6.92 Å². The highest BCUT2D eigenvalue weighted by atomic mass is 16.3. The number of amides is 3. The third-order valence-corrected chi connectivity index (χ3v) is 5.18. The van der Waals surface area contributed by atoms with Gasteiger partial charge in [-0.15, -0.1) is 0 Å². The molecule has 7 heteroatoms. The maximum atomic E-state index is 12.7. The number of carbonyl (C=O) groups is 3. The van der Waals surface area contributed by atoms with E-state index in [4.69, 9.17) is 0 Å². The van der Waals surface area contributed by atoms with Gasteiger partial charge in [-0.05, 0) is 23.6 Å². The summed E-state index contributed by atoms with van der Waals surface area (Å²) in [4.78, 5) is 37.9. The fourth-order valence-electron chi connectivity index (χ4n) is 3.67. The first kappa shape index (κ1) is 21.5. The number of rotatable bonds is 6. The minimum absolute atomic E-state index is 0.0760. The molecule has 158 valence electrons. The Balaban J connectivity index is 1.60. The highest BCUT2D eigenvalue weighted by Gasteiger charge is 2.40. The molecule has 1 aliphatic rings. The molecule has 30 heavy (non-hydrogen) atoms. The second-order valence-corrected chi connectivity index (χ2v) is 7.60. The number of likely N-dealkylation sites (tertiary alicyclic amines) is 1. The summed E-state index contributed by atoms with van der Waals surface area (Å²) in [7, 11) is 0. The van der Waals surface area contributed by atoms with E-state index in [2.05, 4.69) is 10.6 Å². The first-order chi connectivity index (χ1) is 14.3. The van der Waals surface area contributed by atoms with Gasteiger partial charge in [-0.3, -0.25) is 14.4 Å². The Morgan fingerprint density at radius 1 is 1.07 bits per heavy atom. The molecule has 3 unspecified atom stereocenters. The average Bonchev–Trinajstić information content (AvgIpc) is 3.13. The molecule has 1 fully saturated rings. The van der Waals surface area contributed by atoms with Gasteiger partial charge in [0.25, 0.3) is 0 Å². The van der Waals surface area contributed by atoms with Crippen LogP contribution in [0.1, 0.15) is 25.8 Å². The van der Waals surface area contributed by atoms with E-state index in [0.717, 1.165) is 16.7 Å². The summed E-state index contributed by atoms with van der Waals surface area (Å²) in [6.45, 7) is 3.30. The van der Waals surface area contributed by atoms with Crippen molar-refractivity contribution >= 4 is 17.7 Å². The number of hydrogen-bond donors (Lipinski definition) is 3. The van der Waals surface area contributed by atoms with Crippen molar-refractivity contribution in [2.24, 2.45) is 0 Å². The number of hydrogen-bond acceptors (Lipinski definition) is 4. The van der Waals surface area contributed by atoms with Crippen molar-refractivity contribution in [3.8, 4) is 11.1 Å². The van der Waals surface area contributed by atoms with E-state index in [9.17, 15) is 19.5 Å². The summed E-state index contributed by atoms with van der Waals surface area (Å²) in [5.74, 6) is -1.02. The summed E-state index contributed by atoms with van der Waals surface area (Å²) < 4.78 is 0. The van der Waals surface area contributed by atoms with Gasteiger partial charge in [0.05, 0.1) is 6.10 Å². The van der Waals surface area contributed by atoms with Gasteiger partial charge < -0.3 is 20.6 Å². The molecule has 0 saturated carbocycles. The monoisotopic (exact) mass is 409 g/mol. The lowest BCUT2D eigenvalue weighted by Gasteiger charge is -2.26. The molecule has 1 heterocycles. The second-order valence-electron chi connectivity index (χ2n) is 7.60. The molecule has 0 bridgehead atoms. The first-order valence-corrected chi connectivity index (χ1v) is 10.0.